The molecule has 1 heteroatoms. The van der Waals surface area contributed by atoms with Crippen LogP contribution in [-0.2, 0) is 12.8 Å². The van der Waals surface area contributed by atoms with Crippen molar-refractivity contribution in [2.24, 2.45) is 5.92 Å². The van der Waals surface area contributed by atoms with Gasteiger partial charge in [0.1, 0.15) is 5.75 Å². The summed E-state index contributed by atoms with van der Waals surface area (Å²) in [6, 6.07) is 15.5. The molecule has 0 atom stereocenters. The van der Waals surface area contributed by atoms with Crippen LogP contribution in [0.4, 0.5) is 0 Å². The van der Waals surface area contributed by atoms with Crippen molar-refractivity contribution in [3.8, 4) is 16.9 Å². The standard InChI is InChI=1S/C23H30O/c1-3-19-10-11-22(16-20(19)4-2)21-12-14-23(15-13-21)24-17-18-8-6-5-7-9-18/h10-16,18H,3-9,17H2,1-2H3. The minimum absolute atomic E-state index is 0.757. The van der Waals surface area contributed by atoms with E-state index in [-0.39, 0.29) is 0 Å². The van der Waals surface area contributed by atoms with E-state index in [0.717, 1.165) is 31.1 Å². The van der Waals surface area contributed by atoms with Gasteiger partial charge in [-0.25, -0.2) is 0 Å². The van der Waals surface area contributed by atoms with Crippen LogP contribution in [0.5, 0.6) is 5.75 Å². The van der Waals surface area contributed by atoms with E-state index in [0.29, 0.717) is 0 Å². The molecule has 1 fully saturated rings. The van der Waals surface area contributed by atoms with Gasteiger partial charge in [-0.3, -0.25) is 0 Å². The lowest BCUT2D eigenvalue weighted by molar-refractivity contribution is 0.209. The Morgan fingerprint density at radius 3 is 2.12 bits per heavy atom. The summed E-state index contributed by atoms with van der Waals surface area (Å²) in [6.07, 6.45) is 9.03. The summed E-state index contributed by atoms with van der Waals surface area (Å²) in [7, 11) is 0. The molecule has 24 heavy (non-hydrogen) atoms. The molecule has 0 unspecified atom stereocenters. The van der Waals surface area contributed by atoms with Gasteiger partial charge in [-0.1, -0.05) is 63.4 Å². The smallest absolute Gasteiger partial charge is 0.119 e. The largest absolute Gasteiger partial charge is 0.493 e. The molecule has 0 saturated heterocycles. The van der Waals surface area contributed by atoms with E-state index >= 15 is 0 Å². The molecule has 2 aromatic rings. The number of hydrogen-bond donors (Lipinski definition) is 0. The maximum atomic E-state index is 6.02. The molecule has 1 aliphatic carbocycles. The van der Waals surface area contributed by atoms with Crippen LogP contribution in [0.15, 0.2) is 42.5 Å². The zero-order valence-electron chi connectivity index (χ0n) is 15.2. The Morgan fingerprint density at radius 1 is 0.792 bits per heavy atom. The fraction of sp³-hybridized carbons (Fsp3) is 0.478. The second-order valence-electron chi connectivity index (χ2n) is 7.03. The van der Waals surface area contributed by atoms with Crippen molar-refractivity contribution in [3.63, 3.8) is 0 Å². The minimum Gasteiger partial charge on any atom is -0.493 e. The van der Waals surface area contributed by atoms with Gasteiger partial charge >= 0.3 is 0 Å². The summed E-state index contributed by atoms with van der Waals surface area (Å²) in [6.45, 7) is 5.34. The Bertz CT molecular complexity index is 636. The summed E-state index contributed by atoms with van der Waals surface area (Å²) >= 11 is 0. The predicted molar refractivity (Wildman–Crippen MR) is 103 cm³/mol. The van der Waals surface area contributed by atoms with Crippen molar-refractivity contribution in [3.05, 3.63) is 53.6 Å². The lowest BCUT2D eigenvalue weighted by atomic mass is 9.90. The molecule has 0 aliphatic heterocycles. The van der Waals surface area contributed by atoms with Crippen molar-refractivity contribution in [1.82, 2.24) is 0 Å². The number of ether oxygens (including phenoxy) is 1. The fourth-order valence-corrected chi connectivity index (χ4v) is 3.79. The molecule has 1 aliphatic rings. The van der Waals surface area contributed by atoms with Crippen molar-refractivity contribution < 1.29 is 4.74 Å². The van der Waals surface area contributed by atoms with Gasteiger partial charge < -0.3 is 4.74 Å². The first-order valence-electron chi connectivity index (χ1n) is 9.65. The topological polar surface area (TPSA) is 9.23 Å². The molecule has 0 bridgehead atoms. The van der Waals surface area contributed by atoms with Gasteiger partial charge in [-0.2, -0.15) is 0 Å². The van der Waals surface area contributed by atoms with Gasteiger partial charge in [0.15, 0.2) is 0 Å². The van der Waals surface area contributed by atoms with Crippen LogP contribution in [0.25, 0.3) is 11.1 Å². The molecule has 0 radical (unpaired) electrons. The van der Waals surface area contributed by atoms with Gasteiger partial charge in [-0.05, 0) is 66.0 Å². The van der Waals surface area contributed by atoms with E-state index < -0.39 is 0 Å². The molecular formula is C23H30O. The number of hydrogen-bond acceptors (Lipinski definition) is 1. The molecule has 1 saturated carbocycles. The van der Waals surface area contributed by atoms with Crippen LogP contribution in [0.1, 0.15) is 57.1 Å². The van der Waals surface area contributed by atoms with E-state index in [2.05, 4.69) is 56.3 Å². The Labute approximate surface area is 147 Å². The Balaban J connectivity index is 1.65. The van der Waals surface area contributed by atoms with Gasteiger partial charge in [0.25, 0.3) is 0 Å². The maximum absolute atomic E-state index is 6.02. The SMILES string of the molecule is CCc1ccc(-c2ccc(OCC3CCCCC3)cc2)cc1CC. The van der Waals surface area contributed by atoms with Gasteiger partial charge in [-0.15, -0.1) is 0 Å². The monoisotopic (exact) mass is 322 g/mol. The van der Waals surface area contributed by atoms with Crippen molar-refractivity contribution in [1.29, 1.82) is 0 Å². The Hall–Kier alpha value is -1.76. The summed E-state index contributed by atoms with van der Waals surface area (Å²) in [5.74, 6) is 1.76. The van der Waals surface area contributed by atoms with Crippen LogP contribution in [0.2, 0.25) is 0 Å². The van der Waals surface area contributed by atoms with Crippen LogP contribution in [0, 0.1) is 5.92 Å². The third-order valence-corrected chi connectivity index (χ3v) is 5.37. The second kappa shape index (κ2) is 8.37. The highest BCUT2D eigenvalue weighted by Crippen LogP contribution is 2.27. The van der Waals surface area contributed by atoms with Gasteiger partial charge in [0, 0.05) is 0 Å². The highest BCUT2D eigenvalue weighted by molar-refractivity contribution is 5.65. The first-order valence-corrected chi connectivity index (χ1v) is 9.65. The van der Waals surface area contributed by atoms with Crippen LogP contribution in [-0.4, -0.2) is 6.61 Å². The fourth-order valence-electron chi connectivity index (χ4n) is 3.79. The Morgan fingerprint density at radius 2 is 1.46 bits per heavy atom. The molecule has 2 aromatic carbocycles. The third-order valence-electron chi connectivity index (χ3n) is 5.37. The zero-order valence-corrected chi connectivity index (χ0v) is 15.2. The quantitative estimate of drug-likeness (QED) is 0.595. The first kappa shape index (κ1) is 17.1. The van der Waals surface area contributed by atoms with Crippen molar-refractivity contribution in [2.45, 2.75) is 58.8 Å². The molecule has 3 rings (SSSR count). The summed E-state index contributed by atoms with van der Waals surface area (Å²) in [5.41, 5.74) is 5.52. The highest BCUT2D eigenvalue weighted by atomic mass is 16.5. The van der Waals surface area contributed by atoms with Crippen molar-refractivity contribution >= 4 is 0 Å². The summed E-state index contributed by atoms with van der Waals surface area (Å²) in [4.78, 5) is 0. The van der Waals surface area contributed by atoms with E-state index in [9.17, 15) is 0 Å². The van der Waals surface area contributed by atoms with E-state index in [1.807, 2.05) is 0 Å². The zero-order chi connectivity index (χ0) is 16.8. The number of aryl methyl sites for hydroxylation is 2. The van der Waals surface area contributed by atoms with E-state index in [4.69, 9.17) is 4.74 Å². The number of benzene rings is 2. The minimum atomic E-state index is 0.757. The van der Waals surface area contributed by atoms with Crippen LogP contribution >= 0.6 is 0 Å². The maximum Gasteiger partial charge on any atom is 0.119 e. The number of rotatable bonds is 6. The van der Waals surface area contributed by atoms with E-state index in [1.165, 1.54) is 54.4 Å². The van der Waals surface area contributed by atoms with Crippen LogP contribution in [0.3, 0.4) is 0 Å². The lowest BCUT2D eigenvalue weighted by Crippen LogP contribution is -2.15. The molecule has 0 amide bonds. The highest BCUT2D eigenvalue weighted by Gasteiger charge is 2.14. The molecule has 128 valence electrons. The molecule has 0 spiro atoms. The average molecular weight is 322 g/mol. The summed E-state index contributed by atoms with van der Waals surface area (Å²) < 4.78 is 6.02. The van der Waals surface area contributed by atoms with Gasteiger partial charge in [0.05, 0.1) is 6.61 Å². The average Bonchev–Trinajstić information content (AvgIpc) is 2.67. The normalized spacial score (nSPS) is 15.4. The van der Waals surface area contributed by atoms with Gasteiger partial charge in [0.2, 0.25) is 0 Å². The molecule has 0 aromatic heterocycles. The third kappa shape index (κ3) is 4.20. The van der Waals surface area contributed by atoms with Crippen molar-refractivity contribution in [2.75, 3.05) is 6.61 Å². The van der Waals surface area contributed by atoms with Crippen LogP contribution < -0.4 is 4.74 Å². The summed E-state index contributed by atoms with van der Waals surface area (Å²) in [5, 5.41) is 0. The molecule has 0 heterocycles. The lowest BCUT2D eigenvalue weighted by Gasteiger charge is -2.21. The molecule has 0 N–H and O–H groups in total. The Kier molecular flexibility index (Phi) is 5.96. The molecular weight excluding hydrogens is 292 g/mol. The predicted octanol–water partition coefficient (Wildman–Crippen LogP) is 6.44. The first-order chi connectivity index (χ1) is 11.8. The molecule has 1 nitrogen and oxygen atoms in total. The van der Waals surface area contributed by atoms with E-state index in [1.54, 1.807) is 0 Å². The second-order valence-corrected chi connectivity index (χ2v) is 7.03.